The minimum atomic E-state index is -4.48. The van der Waals surface area contributed by atoms with Gasteiger partial charge >= 0.3 is 6.18 Å². The first kappa shape index (κ1) is 16.9. The Bertz CT molecular complexity index is 663. The highest BCUT2D eigenvalue weighted by Crippen LogP contribution is 2.35. The van der Waals surface area contributed by atoms with E-state index >= 15 is 0 Å². The fraction of sp³-hybridized carbons (Fsp3) is 0.312. The molecule has 0 bridgehead atoms. The molecule has 0 saturated carbocycles. The number of carbonyl (C=O) groups excluding carboxylic acids is 1. The standard InChI is InChI=1S/C16H16F3NO3/c1-3-7-22-9-12-14(21)13(15(20-2)23-12)10-5-4-6-11(8-10)16(17,18)19/h4-6,8-9,20H,3,7H2,1-2H3. The van der Waals surface area contributed by atoms with Gasteiger partial charge < -0.3 is 14.8 Å². The molecule has 0 aliphatic carbocycles. The van der Waals surface area contributed by atoms with Gasteiger partial charge in [0, 0.05) is 7.05 Å². The van der Waals surface area contributed by atoms with Crippen LogP contribution in [0.1, 0.15) is 24.5 Å². The van der Waals surface area contributed by atoms with Gasteiger partial charge in [-0.1, -0.05) is 19.1 Å². The summed E-state index contributed by atoms with van der Waals surface area (Å²) in [4.78, 5) is 12.4. The fourth-order valence-electron chi connectivity index (χ4n) is 2.05. The number of benzene rings is 1. The van der Waals surface area contributed by atoms with Gasteiger partial charge in [-0.3, -0.25) is 4.79 Å². The minimum absolute atomic E-state index is 0.0462. The van der Waals surface area contributed by atoms with Crippen molar-refractivity contribution in [3.05, 3.63) is 53.3 Å². The van der Waals surface area contributed by atoms with E-state index in [2.05, 4.69) is 5.32 Å². The Morgan fingerprint density at radius 3 is 2.70 bits per heavy atom. The highest BCUT2D eigenvalue weighted by atomic mass is 19.4. The van der Waals surface area contributed by atoms with Crippen molar-refractivity contribution < 1.29 is 27.4 Å². The van der Waals surface area contributed by atoms with E-state index in [0.29, 0.717) is 6.61 Å². The summed E-state index contributed by atoms with van der Waals surface area (Å²) < 4.78 is 49.0. The molecule has 7 heteroatoms. The number of hydrogen-bond acceptors (Lipinski definition) is 4. The zero-order valence-electron chi connectivity index (χ0n) is 12.7. The predicted molar refractivity (Wildman–Crippen MR) is 77.8 cm³/mol. The Morgan fingerprint density at radius 1 is 1.35 bits per heavy atom. The molecule has 0 saturated heterocycles. The van der Waals surface area contributed by atoms with Gasteiger partial charge in [-0.15, -0.1) is 0 Å². The van der Waals surface area contributed by atoms with Crippen molar-refractivity contribution in [1.29, 1.82) is 0 Å². The monoisotopic (exact) mass is 327 g/mol. The molecule has 1 aliphatic heterocycles. The molecule has 1 aromatic rings. The zero-order chi connectivity index (χ0) is 17.0. The van der Waals surface area contributed by atoms with Gasteiger partial charge in [0.25, 0.3) is 0 Å². The van der Waals surface area contributed by atoms with Gasteiger partial charge in [-0.05, 0) is 24.1 Å². The molecule has 124 valence electrons. The molecule has 0 aromatic heterocycles. The highest BCUT2D eigenvalue weighted by molar-refractivity contribution is 6.30. The average Bonchev–Trinajstić information content (AvgIpc) is 2.83. The van der Waals surface area contributed by atoms with Crippen LogP contribution < -0.4 is 5.32 Å². The van der Waals surface area contributed by atoms with Crippen LogP contribution in [-0.2, 0) is 20.4 Å². The van der Waals surface area contributed by atoms with Gasteiger partial charge in [0.15, 0.2) is 0 Å². The van der Waals surface area contributed by atoms with E-state index < -0.39 is 17.5 Å². The Hall–Kier alpha value is -2.44. The Morgan fingerprint density at radius 2 is 2.09 bits per heavy atom. The molecule has 0 amide bonds. The molecule has 0 radical (unpaired) electrons. The predicted octanol–water partition coefficient (Wildman–Crippen LogP) is 3.46. The molecule has 0 spiro atoms. The van der Waals surface area contributed by atoms with Crippen molar-refractivity contribution in [2.75, 3.05) is 13.7 Å². The number of halogens is 3. The third-order valence-corrected chi connectivity index (χ3v) is 3.11. The van der Waals surface area contributed by atoms with Crippen LogP contribution in [0.4, 0.5) is 13.2 Å². The smallest absolute Gasteiger partial charge is 0.416 e. The van der Waals surface area contributed by atoms with Crippen LogP contribution >= 0.6 is 0 Å². The van der Waals surface area contributed by atoms with Gasteiger partial charge in [0.1, 0.15) is 6.26 Å². The molecular formula is C16H16F3NO3. The van der Waals surface area contributed by atoms with E-state index in [4.69, 9.17) is 9.47 Å². The largest absolute Gasteiger partial charge is 0.497 e. The SMILES string of the molecule is CCCOC=C1OC(NC)=C(c2cccc(C(F)(F)F)c2)C1=O. The maximum Gasteiger partial charge on any atom is 0.416 e. The average molecular weight is 327 g/mol. The second-order valence-electron chi connectivity index (χ2n) is 4.82. The van der Waals surface area contributed by atoms with Crippen molar-refractivity contribution >= 4 is 11.4 Å². The van der Waals surface area contributed by atoms with E-state index in [0.717, 1.165) is 18.6 Å². The van der Waals surface area contributed by atoms with Crippen LogP contribution in [0.15, 0.2) is 42.2 Å². The van der Waals surface area contributed by atoms with Crippen LogP contribution in [0.3, 0.4) is 0 Å². The van der Waals surface area contributed by atoms with Crippen molar-refractivity contribution in [2.24, 2.45) is 0 Å². The van der Waals surface area contributed by atoms with Crippen LogP contribution in [0.2, 0.25) is 0 Å². The molecule has 0 unspecified atom stereocenters. The first-order valence-electron chi connectivity index (χ1n) is 7.02. The zero-order valence-corrected chi connectivity index (χ0v) is 12.7. The summed E-state index contributed by atoms with van der Waals surface area (Å²) in [5.74, 6) is -0.485. The normalized spacial score (nSPS) is 16.7. The Kier molecular flexibility index (Phi) is 4.98. The number of hydrogen-bond donors (Lipinski definition) is 1. The Balaban J connectivity index is 2.37. The second kappa shape index (κ2) is 6.76. The van der Waals surface area contributed by atoms with Crippen LogP contribution in [0, 0.1) is 0 Å². The van der Waals surface area contributed by atoms with Gasteiger partial charge in [-0.2, -0.15) is 13.2 Å². The van der Waals surface area contributed by atoms with E-state index in [9.17, 15) is 18.0 Å². The van der Waals surface area contributed by atoms with Crippen molar-refractivity contribution in [3.63, 3.8) is 0 Å². The molecule has 0 fully saturated rings. The fourth-order valence-corrected chi connectivity index (χ4v) is 2.05. The lowest BCUT2D eigenvalue weighted by atomic mass is 10.00. The summed E-state index contributed by atoms with van der Waals surface area (Å²) in [7, 11) is 1.52. The van der Waals surface area contributed by atoms with Crippen LogP contribution in [-0.4, -0.2) is 19.4 Å². The van der Waals surface area contributed by atoms with Crippen LogP contribution in [0.5, 0.6) is 0 Å². The number of Topliss-reactive ketones (excluding diaryl/α,β-unsaturated/α-hetero) is 1. The second-order valence-corrected chi connectivity index (χ2v) is 4.82. The Labute approximate surface area is 131 Å². The quantitative estimate of drug-likeness (QED) is 0.511. The maximum absolute atomic E-state index is 12.8. The summed E-state index contributed by atoms with van der Waals surface area (Å²) in [5, 5.41) is 2.68. The van der Waals surface area contributed by atoms with Crippen LogP contribution in [0.25, 0.3) is 5.57 Å². The number of alkyl halides is 3. The third-order valence-electron chi connectivity index (χ3n) is 3.11. The number of ketones is 1. The van der Waals surface area contributed by atoms with Crippen molar-refractivity contribution in [1.82, 2.24) is 5.32 Å². The summed E-state index contributed by atoms with van der Waals surface area (Å²) in [6.45, 7) is 2.31. The topological polar surface area (TPSA) is 47.6 Å². The molecule has 2 rings (SSSR count). The number of nitrogens with one attached hydrogen (secondary N) is 1. The summed E-state index contributed by atoms with van der Waals surface area (Å²) in [6, 6.07) is 4.55. The number of rotatable bonds is 5. The number of ether oxygens (including phenoxy) is 2. The highest BCUT2D eigenvalue weighted by Gasteiger charge is 2.35. The molecule has 23 heavy (non-hydrogen) atoms. The molecule has 4 nitrogen and oxygen atoms in total. The van der Waals surface area contributed by atoms with Crippen molar-refractivity contribution in [2.45, 2.75) is 19.5 Å². The summed E-state index contributed by atoms with van der Waals surface area (Å²) >= 11 is 0. The molecule has 0 atom stereocenters. The first-order chi connectivity index (χ1) is 10.9. The third kappa shape index (κ3) is 3.67. The van der Waals surface area contributed by atoms with Gasteiger partial charge in [0.05, 0.1) is 17.7 Å². The molecule has 1 heterocycles. The van der Waals surface area contributed by atoms with Gasteiger partial charge in [-0.25, -0.2) is 0 Å². The molecule has 1 N–H and O–H groups in total. The summed E-state index contributed by atoms with van der Waals surface area (Å²) in [6.07, 6.45) is -2.55. The first-order valence-corrected chi connectivity index (χ1v) is 7.02. The van der Waals surface area contributed by atoms with E-state index in [1.807, 2.05) is 6.92 Å². The molecular weight excluding hydrogens is 311 g/mol. The van der Waals surface area contributed by atoms with E-state index in [1.165, 1.54) is 25.4 Å². The van der Waals surface area contributed by atoms with E-state index in [-0.39, 0.29) is 22.8 Å². The molecule has 1 aromatic carbocycles. The van der Waals surface area contributed by atoms with Gasteiger partial charge in [0.2, 0.25) is 17.4 Å². The van der Waals surface area contributed by atoms with Crippen molar-refractivity contribution in [3.8, 4) is 0 Å². The minimum Gasteiger partial charge on any atom is -0.497 e. The summed E-state index contributed by atoms with van der Waals surface area (Å²) in [5.41, 5.74) is -0.650. The molecule has 1 aliphatic rings. The maximum atomic E-state index is 12.8. The number of carbonyl (C=O) groups is 1. The number of allylic oxidation sites excluding steroid dienone is 1. The van der Waals surface area contributed by atoms with E-state index in [1.54, 1.807) is 0 Å². The lowest BCUT2D eigenvalue weighted by Crippen LogP contribution is -2.09. The lowest BCUT2D eigenvalue weighted by molar-refractivity contribution is -0.137. The lowest BCUT2D eigenvalue weighted by Gasteiger charge is -2.09.